The summed E-state index contributed by atoms with van der Waals surface area (Å²) in [6.07, 6.45) is 0.708. The van der Waals surface area contributed by atoms with Crippen molar-refractivity contribution in [2.75, 3.05) is 13.7 Å². The number of aldehydes is 1. The molecule has 0 rings (SSSR count). The first-order chi connectivity index (χ1) is 2.41. The van der Waals surface area contributed by atoms with Gasteiger partial charge in [0.15, 0.2) is 0 Å². The third-order valence-electron chi connectivity index (χ3n) is 0.235. The molecule has 0 spiro atoms. The molecule has 0 saturated heterocycles. The molecule has 0 amide bonds. The van der Waals surface area contributed by atoms with E-state index in [9.17, 15) is 4.79 Å². The van der Waals surface area contributed by atoms with Crippen LogP contribution in [-0.4, -0.2) is 20.0 Å². The average molecular weight is 97.1 g/mol. The van der Waals surface area contributed by atoms with Crippen molar-refractivity contribution < 1.29 is 39.1 Å². The maximum Gasteiger partial charge on any atom is 1.00 e. The zero-order chi connectivity index (χ0) is 4.12. The van der Waals surface area contributed by atoms with E-state index in [-0.39, 0.29) is 36.2 Å². The summed E-state index contributed by atoms with van der Waals surface area (Å²) in [5, 5.41) is 0. The number of hydrogen-bond donors (Lipinski definition) is 0. The Morgan fingerprint density at radius 3 is 2.33 bits per heavy atom. The van der Waals surface area contributed by atoms with Gasteiger partial charge >= 0.3 is 29.6 Å². The van der Waals surface area contributed by atoms with Crippen molar-refractivity contribution in [2.24, 2.45) is 0 Å². The summed E-state index contributed by atoms with van der Waals surface area (Å²) in [6.45, 7) is 0.208. The van der Waals surface area contributed by atoms with Crippen LogP contribution in [0.2, 0.25) is 0 Å². The van der Waals surface area contributed by atoms with Gasteiger partial charge in [-0.2, -0.15) is 0 Å². The van der Waals surface area contributed by atoms with Gasteiger partial charge in [0.2, 0.25) is 0 Å². The number of hydrogen-bond acceptors (Lipinski definition) is 2. The van der Waals surface area contributed by atoms with Crippen LogP contribution in [0.25, 0.3) is 0 Å². The largest absolute Gasteiger partial charge is 1.00 e. The maximum atomic E-state index is 9.28. The summed E-state index contributed by atoms with van der Waals surface area (Å²) in [5.74, 6) is 0. The molecule has 0 saturated carbocycles. The Labute approximate surface area is 59.2 Å². The van der Waals surface area contributed by atoms with Crippen LogP contribution in [0.5, 0.6) is 0 Å². The van der Waals surface area contributed by atoms with E-state index in [1.165, 1.54) is 7.11 Å². The van der Waals surface area contributed by atoms with Gasteiger partial charge in [-0.05, 0) is 0 Å². The fourth-order valence-corrected chi connectivity index (χ4v) is 0.0680. The summed E-state index contributed by atoms with van der Waals surface area (Å²) in [7, 11) is 1.48. The number of carbonyl (C=O) groups is 1. The van der Waals surface area contributed by atoms with Gasteiger partial charge in [0, 0.05) is 7.11 Å². The van der Waals surface area contributed by atoms with E-state index in [1.54, 1.807) is 0 Å². The van der Waals surface area contributed by atoms with Crippen molar-refractivity contribution in [3.8, 4) is 0 Å². The van der Waals surface area contributed by atoms with Crippen molar-refractivity contribution in [3.63, 3.8) is 0 Å². The van der Waals surface area contributed by atoms with Gasteiger partial charge in [-0.1, -0.05) is 0 Å². The molecular weight excluding hydrogens is 91.0 g/mol. The molecule has 0 aromatic carbocycles. The molecule has 0 aromatic heterocycles. The molecule has 0 atom stereocenters. The summed E-state index contributed by atoms with van der Waals surface area (Å²) in [4.78, 5) is 9.28. The predicted molar refractivity (Wildman–Crippen MR) is 17.9 cm³/mol. The fraction of sp³-hybridized carbons (Fsp3) is 0.667. The third kappa shape index (κ3) is 8.82. The van der Waals surface area contributed by atoms with Crippen LogP contribution in [0.4, 0.5) is 0 Å². The van der Waals surface area contributed by atoms with Gasteiger partial charge in [-0.3, -0.25) is 0 Å². The van der Waals surface area contributed by atoms with Crippen LogP contribution in [-0.2, 0) is 9.53 Å². The van der Waals surface area contributed by atoms with E-state index >= 15 is 0 Å². The molecule has 2 nitrogen and oxygen atoms in total. The summed E-state index contributed by atoms with van der Waals surface area (Å²) < 4.78 is 4.32. The second kappa shape index (κ2) is 9.16. The molecule has 0 aliphatic rings. The van der Waals surface area contributed by atoms with Crippen molar-refractivity contribution in [3.05, 3.63) is 0 Å². The Balaban J connectivity index is 0. The van der Waals surface area contributed by atoms with Crippen molar-refractivity contribution >= 4 is 6.29 Å². The number of rotatable bonds is 2. The number of ether oxygens (including phenoxy) is 1. The van der Waals surface area contributed by atoms with Crippen molar-refractivity contribution in [1.29, 1.82) is 0 Å². The summed E-state index contributed by atoms with van der Waals surface area (Å²) in [5.41, 5.74) is 0. The van der Waals surface area contributed by atoms with Crippen LogP contribution < -0.4 is 29.6 Å². The smallest absolute Gasteiger partial charge is 0.377 e. The minimum Gasteiger partial charge on any atom is -0.377 e. The molecule has 0 bridgehead atoms. The van der Waals surface area contributed by atoms with Gasteiger partial charge in [0.25, 0.3) is 0 Å². The first-order valence-electron chi connectivity index (χ1n) is 1.34. The molecule has 0 N–H and O–H groups in total. The van der Waals surface area contributed by atoms with Crippen LogP contribution >= 0.6 is 0 Å². The van der Waals surface area contributed by atoms with Crippen molar-refractivity contribution in [1.82, 2.24) is 0 Å². The number of methoxy groups -OCH3 is 1. The zero-order valence-electron chi connectivity index (χ0n) is 4.10. The van der Waals surface area contributed by atoms with Crippen LogP contribution in [0.3, 0.4) is 0 Å². The monoisotopic (exact) mass is 97.0 g/mol. The van der Waals surface area contributed by atoms with E-state index in [0.29, 0.717) is 6.29 Å². The molecule has 0 fully saturated rings. The molecule has 0 heterocycles. The minimum atomic E-state index is 0. The van der Waals surface area contributed by atoms with E-state index < -0.39 is 0 Å². The Bertz CT molecular complexity index is 30.0. The van der Waals surface area contributed by atoms with Gasteiger partial charge in [0.05, 0.1) is 0 Å². The molecule has 0 radical (unpaired) electrons. The van der Waals surface area contributed by atoms with E-state index in [4.69, 9.17) is 0 Å². The minimum absolute atomic E-state index is 0. The SMILES string of the molecule is COCC=O.[Na+]. The fourth-order valence-electron chi connectivity index (χ4n) is 0.0680. The van der Waals surface area contributed by atoms with E-state index in [0.717, 1.165) is 0 Å². The first-order valence-corrected chi connectivity index (χ1v) is 1.34. The van der Waals surface area contributed by atoms with E-state index in [2.05, 4.69) is 4.74 Å². The Morgan fingerprint density at radius 2 is 2.33 bits per heavy atom. The predicted octanol–water partition coefficient (Wildman–Crippen LogP) is -3.16. The average Bonchev–Trinajstić information content (AvgIpc) is 1.41. The standard InChI is InChI=1S/C3H6O2.Na/c1-5-3-2-4;/h2H,3H2,1H3;/q;+1. The molecular formula is C3H6NaO2+. The van der Waals surface area contributed by atoms with E-state index in [1.807, 2.05) is 0 Å². The van der Waals surface area contributed by atoms with Crippen molar-refractivity contribution in [2.45, 2.75) is 0 Å². The first kappa shape index (κ1) is 9.80. The summed E-state index contributed by atoms with van der Waals surface area (Å²) in [6, 6.07) is 0. The Kier molecular flexibility index (Phi) is 15.0. The van der Waals surface area contributed by atoms with Gasteiger partial charge in [-0.25, -0.2) is 0 Å². The zero-order valence-corrected chi connectivity index (χ0v) is 6.10. The topological polar surface area (TPSA) is 26.3 Å². The quantitative estimate of drug-likeness (QED) is 0.268. The Morgan fingerprint density at radius 1 is 1.83 bits per heavy atom. The van der Waals surface area contributed by atoms with Crippen LogP contribution in [0.15, 0.2) is 0 Å². The molecule has 0 aromatic rings. The molecule has 0 aliphatic carbocycles. The Hall–Kier alpha value is 0.630. The molecule has 30 valence electrons. The van der Waals surface area contributed by atoms with Crippen LogP contribution in [0, 0.1) is 0 Å². The summed E-state index contributed by atoms with van der Waals surface area (Å²) >= 11 is 0. The molecule has 6 heavy (non-hydrogen) atoms. The third-order valence-corrected chi connectivity index (χ3v) is 0.235. The molecule has 0 aliphatic heterocycles. The van der Waals surface area contributed by atoms with Crippen LogP contribution in [0.1, 0.15) is 0 Å². The van der Waals surface area contributed by atoms with Gasteiger partial charge in [-0.15, -0.1) is 0 Å². The maximum absolute atomic E-state index is 9.28. The van der Waals surface area contributed by atoms with Gasteiger partial charge in [0.1, 0.15) is 12.9 Å². The number of carbonyl (C=O) groups excluding carboxylic acids is 1. The molecule has 0 unspecified atom stereocenters. The second-order valence-corrected chi connectivity index (χ2v) is 0.622. The van der Waals surface area contributed by atoms with Gasteiger partial charge < -0.3 is 9.53 Å². The normalized spacial score (nSPS) is 6.17. The molecule has 3 heteroatoms. The second-order valence-electron chi connectivity index (χ2n) is 0.622.